The van der Waals surface area contributed by atoms with E-state index in [0.717, 1.165) is 12.8 Å². The highest BCUT2D eigenvalue weighted by atomic mass is 35.5. The summed E-state index contributed by atoms with van der Waals surface area (Å²) in [5.74, 6) is 0.622. The summed E-state index contributed by atoms with van der Waals surface area (Å²) in [5, 5.41) is 10.7. The number of hydrogen-bond donors (Lipinski definition) is 1. The van der Waals surface area contributed by atoms with E-state index in [1.807, 2.05) is 0 Å². The van der Waals surface area contributed by atoms with Crippen LogP contribution in [0, 0.1) is 0 Å². The normalized spacial score (nSPS) is 16.7. The first-order valence-corrected chi connectivity index (χ1v) is 6.49. The molecule has 1 saturated heterocycles. The standard InChI is InChI=1S/C13H13ClN2O3/c14-13-12-10(15-7-16-13)5-8(17)6-11(12)19-9-1-3-18-4-2-9/h5-7,9,17H,1-4H2. The second kappa shape index (κ2) is 5.19. The van der Waals surface area contributed by atoms with Crippen LogP contribution in [-0.2, 0) is 4.74 Å². The highest BCUT2D eigenvalue weighted by Crippen LogP contribution is 2.34. The number of hydrogen-bond acceptors (Lipinski definition) is 5. The molecule has 2 heterocycles. The Morgan fingerprint density at radius 2 is 2.05 bits per heavy atom. The lowest BCUT2D eigenvalue weighted by Gasteiger charge is -2.24. The Labute approximate surface area is 115 Å². The van der Waals surface area contributed by atoms with Gasteiger partial charge in [-0.3, -0.25) is 0 Å². The van der Waals surface area contributed by atoms with Gasteiger partial charge in [-0.05, 0) is 0 Å². The molecule has 0 bridgehead atoms. The van der Waals surface area contributed by atoms with Crippen LogP contribution in [0.2, 0.25) is 5.15 Å². The van der Waals surface area contributed by atoms with Crippen LogP contribution in [0.4, 0.5) is 0 Å². The van der Waals surface area contributed by atoms with Gasteiger partial charge in [0.1, 0.15) is 29.1 Å². The summed E-state index contributed by atoms with van der Waals surface area (Å²) in [6, 6.07) is 3.09. The lowest BCUT2D eigenvalue weighted by Crippen LogP contribution is -2.26. The Balaban J connectivity index is 2.01. The van der Waals surface area contributed by atoms with Crippen LogP contribution in [0.1, 0.15) is 12.8 Å². The third-order valence-corrected chi connectivity index (χ3v) is 3.39. The number of phenolic OH excluding ortho intramolecular Hbond substituents is 1. The first-order chi connectivity index (χ1) is 9.24. The highest BCUT2D eigenvalue weighted by Gasteiger charge is 2.18. The molecule has 0 spiro atoms. The molecule has 1 N–H and O–H groups in total. The van der Waals surface area contributed by atoms with Crippen molar-refractivity contribution in [3.63, 3.8) is 0 Å². The third kappa shape index (κ3) is 2.57. The monoisotopic (exact) mass is 280 g/mol. The molecule has 0 unspecified atom stereocenters. The topological polar surface area (TPSA) is 64.5 Å². The van der Waals surface area contributed by atoms with Crippen molar-refractivity contribution < 1.29 is 14.6 Å². The molecule has 0 aliphatic carbocycles. The zero-order valence-electron chi connectivity index (χ0n) is 10.2. The maximum atomic E-state index is 9.72. The second-order valence-electron chi connectivity index (χ2n) is 4.43. The first-order valence-electron chi connectivity index (χ1n) is 6.11. The summed E-state index contributed by atoms with van der Waals surface area (Å²) < 4.78 is 11.2. The maximum absolute atomic E-state index is 9.72. The minimum Gasteiger partial charge on any atom is -0.508 e. The Hall–Kier alpha value is -1.59. The lowest BCUT2D eigenvalue weighted by atomic mass is 10.1. The molecule has 3 rings (SSSR count). The minimum absolute atomic E-state index is 0.0648. The van der Waals surface area contributed by atoms with Crippen molar-refractivity contribution in [2.75, 3.05) is 13.2 Å². The predicted molar refractivity (Wildman–Crippen MR) is 70.7 cm³/mol. The molecule has 0 amide bonds. The van der Waals surface area contributed by atoms with Crippen molar-refractivity contribution in [1.29, 1.82) is 0 Å². The van der Waals surface area contributed by atoms with Crippen molar-refractivity contribution >= 4 is 22.5 Å². The molecule has 1 aromatic heterocycles. The number of phenols is 1. The smallest absolute Gasteiger partial charge is 0.144 e. The van der Waals surface area contributed by atoms with E-state index < -0.39 is 0 Å². The van der Waals surface area contributed by atoms with Crippen molar-refractivity contribution in [3.8, 4) is 11.5 Å². The van der Waals surface area contributed by atoms with Gasteiger partial charge in [0.15, 0.2) is 0 Å². The quantitative estimate of drug-likeness (QED) is 0.857. The molecule has 1 aromatic carbocycles. The van der Waals surface area contributed by atoms with Crippen LogP contribution in [0.15, 0.2) is 18.5 Å². The van der Waals surface area contributed by atoms with Gasteiger partial charge >= 0.3 is 0 Å². The van der Waals surface area contributed by atoms with Gasteiger partial charge in [0.25, 0.3) is 0 Å². The van der Waals surface area contributed by atoms with E-state index in [1.165, 1.54) is 6.33 Å². The van der Waals surface area contributed by atoms with Crippen LogP contribution in [0.3, 0.4) is 0 Å². The van der Waals surface area contributed by atoms with Crippen LogP contribution >= 0.6 is 11.6 Å². The molecule has 6 heteroatoms. The van der Waals surface area contributed by atoms with Crippen LogP contribution in [0.5, 0.6) is 11.5 Å². The van der Waals surface area contributed by atoms with E-state index in [2.05, 4.69) is 9.97 Å². The summed E-state index contributed by atoms with van der Waals surface area (Å²) >= 11 is 6.09. The SMILES string of the molecule is Oc1cc(OC2CCOCC2)c2c(Cl)ncnc2c1. The fourth-order valence-electron chi connectivity index (χ4n) is 2.17. The van der Waals surface area contributed by atoms with E-state index in [9.17, 15) is 5.11 Å². The molecule has 19 heavy (non-hydrogen) atoms. The fraction of sp³-hybridized carbons (Fsp3) is 0.385. The van der Waals surface area contributed by atoms with Gasteiger partial charge in [-0.15, -0.1) is 0 Å². The summed E-state index contributed by atoms with van der Waals surface area (Å²) in [5.41, 5.74) is 0.571. The number of ether oxygens (including phenoxy) is 2. The Morgan fingerprint density at radius 3 is 2.84 bits per heavy atom. The largest absolute Gasteiger partial charge is 0.508 e. The van der Waals surface area contributed by atoms with E-state index in [-0.39, 0.29) is 11.9 Å². The van der Waals surface area contributed by atoms with Crippen molar-refractivity contribution in [3.05, 3.63) is 23.6 Å². The number of aromatic nitrogens is 2. The Morgan fingerprint density at radius 1 is 1.26 bits per heavy atom. The summed E-state index contributed by atoms with van der Waals surface area (Å²) in [6.45, 7) is 1.37. The Bertz CT molecular complexity index is 600. The molecule has 1 aliphatic heterocycles. The van der Waals surface area contributed by atoms with Crippen LogP contribution < -0.4 is 4.74 Å². The van der Waals surface area contributed by atoms with Crippen molar-refractivity contribution in [2.45, 2.75) is 18.9 Å². The molecule has 1 fully saturated rings. The maximum Gasteiger partial charge on any atom is 0.144 e. The van der Waals surface area contributed by atoms with Gasteiger partial charge in [-0.25, -0.2) is 9.97 Å². The first kappa shape index (κ1) is 12.4. The number of halogens is 1. The highest BCUT2D eigenvalue weighted by molar-refractivity contribution is 6.34. The zero-order valence-corrected chi connectivity index (χ0v) is 10.9. The summed E-state index contributed by atoms with van der Waals surface area (Å²) in [7, 11) is 0. The van der Waals surface area contributed by atoms with E-state index in [1.54, 1.807) is 12.1 Å². The van der Waals surface area contributed by atoms with Crippen LogP contribution in [0.25, 0.3) is 10.9 Å². The van der Waals surface area contributed by atoms with Gasteiger partial charge in [0.2, 0.25) is 0 Å². The molecule has 0 saturated carbocycles. The molecule has 0 radical (unpaired) electrons. The zero-order chi connectivity index (χ0) is 13.2. The number of fused-ring (bicyclic) bond motifs is 1. The molecule has 100 valence electrons. The van der Waals surface area contributed by atoms with Gasteiger partial charge in [0, 0.05) is 25.0 Å². The van der Waals surface area contributed by atoms with Gasteiger partial charge < -0.3 is 14.6 Å². The third-order valence-electron chi connectivity index (χ3n) is 3.10. The second-order valence-corrected chi connectivity index (χ2v) is 4.79. The number of nitrogens with zero attached hydrogens (tertiary/aromatic N) is 2. The average molecular weight is 281 g/mol. The number of benzene rings is 1. The van der Waals surface area contributed by atoms with Crippen molar-refractivity contribution in [1.82, 2.24) is 9.97 Å². The van der Waals surface area contributed by atoms with Crippen LogP contribution in [-0.4, -0.2) is 34.4 Å². The molecule has 5 nitrogen and oxygen atoms in total. The average Bonchev–Trinajstić information content (AvgIpc) is 2.39. The minimum atomic E-state index is 0.0648. The number of rotatable bonds is 2. The van der Waals surface area contributed by atoms with Crippen molar-refractivity contribution in [2.24, 2.45) is 0 Å². The fourth-order valence-corrected chi connectivity index (χ4v) is 2.40. The predicted octanol–water partition coefficient (Wildman–Crippen LogP) is 2.55. The molecular formula is C13H13ClN2O3. The van der Waals surface area contributed by atoms with E-state index >= 15 is 0 Å². The van der Waals surface area contributed by atoms with Gasteiger partial charge in [-0.1, -0.05) is 11.6 Å². The van der Waals surface area contributed by atoms with E-state index in [0.29, 0.717) is 35.0 Å². The number of aromatic hydroxyl groups is 1. The summed E-state index contributed by atoms with van der Waals surface area (Å²) in [4.78, 5) is 8.06. The van der Waals surface area contributed by atoms with Gasteiger partial charge in [0.05, 0.1) is 24.1 Å². The molecule has 2 aromatic rings. The lowest BCUT2D eigenvalue weighted by molar-refractivity contribution is 0.0261. The van der Waals surface area contributed by atoms with Gasteiger partial charge in [-0.2, -0.15) is 0 Å². The van der Waals surface area contributed by atoms with E-state index in [4.69, 9.17) is 21.1 Å². The molecule has 0 atom stereocenters. The Kier molecular flexibility index (Phi) is 3.40. The molecule has 1 aliphatic rings. The summed E-state index contributed by atoms with van der Waals surface area (Å²) in [6.07, 6.45) is 3.07. The molecular weight excluding hydrogens is 268 g/mol.